The van der Waals surface area contributed by atoms with Gasteiger partial charge in [-0.25, -0.2) is 0 Å². The van der Waals surface area contributed by atoms with E-state index in [0.717, 1.165) is 0 Å². The maximum atomic E-state index is 9.44. The Morgan fingerprint density at radius 2 is 2.00 bits per heavy atom. The molecule has 0 atom stereocenters. The second-order valence-electron chi connectivity index (χ2n) is 0.726. The van der Waals surface area contributed by atoms with Crippen LogP contribution in [0.3, 0.4) is 0 Å². The van der Waals surface area contributed by atoms with E-state index in [2.05, 4.69) is 0 Å². The van der Waals surface area contributed by atoms with E-state index in [1.807, 2.05) is 0 Å². The van der Waals surface area contributed by atoms with Crippen LogP contribution in [0.4, 0.5) is 0 Å². The van der Waals surface area contributed by atoms with Crippen LogP contribution >= 0.6 is 0 Å². The largest absolute Gasteiger partial charge is 1.00 e. The van der Waals surface area contributed by atoms with Gasteiger partial charge >= 0.3 is 29.6 Å². The van der Waals surface area contributed by atoms with Gasteiger partial charge in [-0.2, -0.15) is 0 Å². The normalized spacial score (nSPS) is 6.17. The summed E-state index contributed by atoms with van der Waals surface area (Å²) in [5.41, 5.74) is 0. The molecule has 0 saturated carbocycles. The summed E-state index contributed by atoms with van der Waals surface area (Å²) in [5, 5.41) is 0. The van der Waals surface area contributed by atoms with Crippen molar-refractivity contribution in [2.75, 3.05) is 0 Å². The van der Waals surface area contributed by atoms with Crippen molar-refractivity contribution in [1.82, 2.24) is 0 Å². The predicted molar refractivity (Wildman–Crippen MR) is 16.9 cm³/mol. The van der Waals surface area contributed by atoms with Crippen molar-refractivity contribution in [2.24, 2.45) is 0 Å². The number of rotatable bonds is 1. The minimum atomic E-state index is -2.37. The fourth-order valence-electron chi connectivity index (χ4n) is 0. The fraction of sp³-hybridized carbons (Fsp3) is 1.00. The first-order valence-corrected chi connectivity index (χ1v) is 2.99. The molecule has 0 rings (SSSR count). The molecular formula is C2H5NaO2Si. The standard InChI is InChI=1S/C2H5O2Si.Na/c1-2-5(3)4;/h2H2,1H3;/q-1;+1. The molecule has 0 unspecified atom stereocenters. The van der Waals surface area contributed by atoms with E-state index >= 15 is 0 Å². The average Bonchev–Trinajstić information content (AvgIpc) is 1.38. The first kappa shape index (κ1) is 9.94. The molecule has 2 nitrogen and oxygen atoms in total. The summed E-state index contributed by atoms with van der Waals surface area (Å²) in [6.45, 7) is 1.62. The summed E-state index contributed by atoms with van der Waals surface area (Å²) in [4.78, 5) is 9.44. The Morgan fingerprint density at radius 1 is 1.83 bits per heavy atom. The Morgan fingerprint density at radius 3 is 2.00 bits per heavy atom. The van der Waals surface area contributed by atoms with Gasteiger partial charge in [-0.1, -0.05) is 6.92 Å². The quantitative estimate of drug-likeness (QED) is 0.327. The molecule has 0 aliphatic heterocycles. The first-order valence-electron chi connectivity index (χ1n) is 1.47. The van der Waals surface area contributed by atoms with Crippen molar-refractivity contribution >= 4 is 8.93 Å². The SMILES string of the molecule is CC[Si](=O)[O-].[Na+]. The molecule has 0 aromatic heterocycles. The Bertz CT molecular complexity index is 46.8. The molecule has 0 spiro atoms. The van der Waals surface area contributed by atoms with Gasteiger partial charge in [-0.3, -0.25) is 0 Å². The minimum Gasteiger partial charge on any atom is -0.587 e. The summed E-state index contributed by atoms with van der Waals surface area (Å²) in [5.74, 6) is 0. The van der Waals surface area contributed by atoms with E-state index < -0.39 is 8.93 Å². The van der Waals surface area contributed by atoms with E-state index in [4.69, 9.17) is 0 Å². The van der Waals surface area contributed by atoms with Crippen molar-refractivity contribution < 1.29 is 38.8 Å². The van der Waals surface area contributed by atoms with Crippen LogP contribution in [0.15, 0.2) is 0 Å². The zero-order valence-electron chi connectivity index (χ0n) is 4.02. The van der Waals surface area contributed by atoms with Gasteiger partial charge in [0.1, 0.15) is 8.93 Å². The van der Waals surface area contributed by atoms with Crippen LogP contribution in [0.25, 0.3) is 0 Å². The van der Waals surface area contributed by atoms with Gasteiger partial charge in [0.2, 0.25) is 0 Å². The van der Waals surface area contributed by atoms with Crippen LogP contribution in [0, 0.1) is 0 Å². The molecule has 0 aliphatic rings. The molecule has 0 aromatic carbocycles. The molecule has 0 aliphatic carbocycles. The summed E-state index contributed by atoms with van der Waals surface area (Å²) < 4.78 is 9.44. The van der Waals surface area contributed by atoms with Crippen molar-refractivity contribution in [3.63, 3.8) is 0 Å². The molecule has 0 aromatic rings. The third-order valence-corrected chi connectivity index (χ3v) is 0.866. The van der Waals surface area contributed by atoms with Gasteiger partial charge in [0.25, 0.3) is 0 Å². The van der Waals surface area contributed by atoms with Gasteiger partial charge in [-0.05, 0) is 6.04 Å². The number of hydrogen-bond acceptors (Lipinski definition) is 2. The smallest absolute Gasteiger partial charge is 0.587 e. The van der Waals surface area contributed by atoms with Gasteiger partial charge < -0.3 is 9.26 Å². The van der Waals surface area contributed by atoms with Crippen LogP contribution in [-0.2, 0) is 4.46 Å². The molecular weight excluding hydrogens is 107 g/mol. The first-order chi connectivity index (χ1) is 2.27. The van der Waals surface area contributed by atoms with Crippen LogP contribution in [0.5, 0.6) is 0 Å². The topological polar surface area (TPSA) is 40.1 Å². The van der Waals surface area contributed by atoms with E-state index in [1.54, 1.807) is 6.92 Å². The molecule has 0 bridgehead atoms. The van der Waals surface area contributed by atoms with E-state index in [9.17, 15) is 9.26 Å². The van der Waals surface area contributed by atoms with Crippen LogP contribution < -0.4 is 34.4 Å². The van der Waals surface area contributed by atoms with E-state index in [1.165, 1.54) is 0 Å². The molecule has 0 amide bonds. The third kappa shape index (κ3) is 8.84. The second-order valence-corrected chi connectivity index (χ2v) is 2.18. The molecule has 0 saturated heterocycles. The summed E-state index contributed by atoms with van der Waals surface area (Å²) >= 11 is 0. The van der Waals surface area contributed by atoms with Crippen molar-refractivity contribution in [2.45, 2.75) is 13.0 Å². The maximum Gasteiger partial charge on any atom is 1.00 e. The van der Waals surface area contributed by atoms with Crippen LogP contribution in [0.1, 0.15) is 6.92 Å². The zero-order valence-corrected chi connectivity index (χ0v) is 7.02. The van der Waals surface area contributed by atoms with Crippen molar-refractivity contribution in [3.8, 4) is 0 Å². The van der Waals surface area contributed by atoms with Crippen molar-refractivity contribution in [1.29, 1.82) is 0 Å². The Hall–Kier alpha value is 0.817. The molecule has 0 N–H and O–H groups in total. The van der Waals surface area contributed by atoms with Gasteiger partial charge in [0.05, 0.1) is 0 Å². The molecule has 0 fully saturated rings. The van der Waals surface area contributed by atoms with Gasteiger partial charge in [0.15, 0.2) is 0 Å². The fourth-order valence-corrected chi connectivity index (χ4v) is 0. The number of hydrogen-bond donors (Lipinski definition) is 0. The summed E-state index contributed by atoms with van der Waals surface area (Å²) in [6.07, 6.45) is 0. The van der Waals surface area contributed by atoms with Crippen LogP contribution in [-0.4, -0.2) is 8.93 Å². The second kappa shape index (κ2) is 5.82. The van der Waals surface area contributed by atoms with Gasteiger partial charge in [-0.15, -0.1) is 0 Å². The van der Waals surface area contributed by atoms with Gasteiger partial charge in [0, 0.05) is 0 Å². The average molecular weight is 112 g/mol. The minimum absolute atomic E-state index is 0. The predicted octanol–water partition coefficient (Wildman–Crippen LogP) is -3.71. The van der Waals surface area contributed by atoms with Crippen LogP contribution in [0.2, 0.25) is 6.04 Å². The monoisotopic (exact) mass is 112 g/mol. The summed E-state index contributed by atoms with van der Waals surface area (Å²) in [6, 6.07) is 0.296. The molecule has 30 valence electrons. The Kier molecular flexibility index (Phi) is 9.64. The Balaban J connectivity index is 0. The molecule has 4 heteroatoms. The molecule has 0 radical (unpaired) electrons. The summed E-state index contributed by atoms with van der Waals surface area (Å²) in [7, 11) is -2.37. The maximum absolute atomic E-state index is 9.44. The zero-order chi connectivity index (χ0) is 4.28. The Labute approximate surface area is 60.6 Å². The van der Waals surface area contributed by atoms with Crippen molar-refractivity contribution in [3.05, 3.63) is 0 Å². The molecule has 6 heavy (non-hydrogen) atoms. The molecule has 0 heterocycles. The van der Waals surface area contributed by atoms with E-state index in [0.29, 0.717) is 6.04 Å². The van der Waals surface area contributed by atoms with E-state index in [-0.39, 0.29) is 29.6 Å². The third-order valence-electron chi connectivity index (χ3n) is 0.289.